The number of carboxylic acid groups (broad SMARTS) is 1. The second-order valence-electron chi connectivity index (χ2n) is 5.97. The Kier molecular flexibility index (Phi) is 5.38. The zero-order valence-electron chi connectivity index (χ0n) is 13.3. The molecule has 1 atom stereocenters. The Morgan fingerprint density at radius 1 is 1.17 bits per heavy atom. The van der Waals surface area contributed by atoms with Gasteiger partial charge in [0.2, 0.25) is 0 Å². The third-order valence-corrected chi connectivity index (χ3v) is 4.51. The summed E-state index contributed by atoms with van der Waals surface area (Å²) < 4.78 is 5.94. The molecule has 4 nitrogen and oxygen atoms in total. The molecule has 0 amide bonds. The summed E-state index contributed by atoms with van der Waals surface area (Å²) in [4.78, 5) is 13.8. The van der Waals surface area contributed by atoms with Crippen molar-refractivity contribution >= 4 is 17.6 Å². The van der Waals surface area contributed by atoms with Gasteiger partial charge in [-0.3, -0.25) is 9.69 Å². The zero-order chi connectivity index (χ0) is 16.9. The van der Waals surface area contributed by atoms with Crippen LogP contribution in [0.1, 0.15) is 18.4 Å². The molecule has 1 saturated heterocycles. The van der Waals surface area contributed by atoms with Crippen LogP contribution in [-0.2, 0) is 11.2 Å². The molecule has 1 fully saturated rings. The number of nitrogens with zero attached hydrogens (tertiary/aromatic N) is 1. The summed E-state index contributed by atoms with van der Waals surface area (Å²) in [5.74, 6) is 0.563. The number of aliphatic carboxylic acids is 1. The summed E-state index contributed by atoms with van der Waals surface area (Å²) >= 11 is 6.13. The van der Waals surface area contributed by atoms with Crippen molar-refractivity contribution < 1.29 is 14.6 Å². The smallest absolute Gasteiger partial charge is 0.321 e. The molecule has 1 heterocycles. The van der Waals surface area contributed by atoms with E-state index >= 15 is 0 Å². The maximum Gasteiger partial charge on any atom is 0.321 e. The molecule has 1 unspecified atom stereocenters. The Hall–Kier alpha value is -2.04. The van der Waals surface area contributed by atoms with E-state index in [1.54, 1.807) is 18.2 Å². The number of para-hydroxylation sites is 1. The summed E-state index contributed by atoms with van der Waals surface area (Å²) in [7, 11) is 0. The molecule has 0 bridgehead atoms. The second-order valence-corrected chi connectivity index (χ2v) is 6.40. The summed E-state index contributed by atoms with van der Waals surface area (Å²) in [5.41, 5.74) is 0.811. The highest BCUT2D eigenvalue weighted by molar-refractivity contribution is 6.30. The van der Waals surface area contributed by atoms with Crippen molar-refractivity contribution in [2.75, 3.05) is 13.1 Å². The topological polar surface area (TPSA) is 49.8 Å². The van der Waals surface area contributed by atoms with Crippen LogP contribution in [0.25, 0.3) is 0 Å². The molecular formula is C19H20ClNO3. The van der Waals surface area contributed by atoms with Crippen LogP contribution in [0, 0.1) is 0 Å². The van der Waals surface area contributed by atoms with Crippen LogP contribution in [0.5, 0.6) is 11.5 Å². The number of carboxylic acids is 1. The molecule has 0 aliphatic carbocycles. The predicted octanol–water partition coefficient (Wildman–Crippen LogP) is 4.22. The van der Waals surface area contributed by atoms with E-state index in [1.807, 2.05) is 35.2 Å². The van der Waals surface area contributed by atoms with Crippen molar-refractivity contribution in [1.29, 1.82) is 0 Å². The number of hydrogen-bond donors (Lipinski definition) is 1. The number of hydrogen-bond acceptors (Lipinski definition) is 3. The average molecular weight is 346 g/mol. The first-order valence-electron chi connectivity index (χ1n) is 8.11. The van der Waals surface area contributed by atoms with E-state index in [1.165, 1.54) is 0 Å². The van der Waals surface area contributed by atoms with Gasteiger partial charge in [-0.05, 0) is 61.8 Å². The Balaban J connectivity index is 1.85. The first-order valence-corrected chi connectivity index (χ1v) is 8.49. The van der Waals surface area contributed by atoms with Gasteiger partial charge in [-0.1, -0.05) is 29.8 Å². The third-order valence-electron chi connectivity index (χ3n) is 4.27. The molecule has 0 aromatic heterocycles. The van der Waals surface area contributed by atoms with Gasteiger partial charge < -0.3 is 9.84 Å². The number of rotatable bonds is 6. The molecule has 24 heavy (non-hydrogen) atoms. The lowest BCUT2D eigenvalue weighted by Crippen LogP contribution is -2.40. The summed E-state index contributed by atoms with van der Waals surface area (Å²) in [6.45, 7) is 1.65. The van der Waals surface area contributed by atoms with Crippen molar-refractivity contribution in [1.82, 2.24) is 4.90 Å². The van der Waals surface area contributed by atoms with E-state index in [-0.39, 0.29) is 0 Å². The molecule has 3 rings (SSSR count). The maximum absolute atomic E-state index is 11.7. The normalized spacial score (nSPS) is 16.0. The van der Waals surface area contributed by atoms with Gasteiger partial charge in [-0.2, -0.15) is 0 Å². The number of carbonyl (C=O) groups is 1. The number of likely N-dealkylation sites (tertiary alicyclic amines) is 1. The Labute approximate surface area is 146 Å². The molecule has 0 spiro atoms. The minimum atomic E-state index is -0.803. The van der Waals surface area contributed by atoms with Gasteiger partial charge in [0.1, 0.15) is 17.5 Å². The van der Waals surface area contributed by atoms with Crippen molar-refractivity contribution in [2.45, 2.75) is 25.3 Å². The predicted molar refractivity (Wildman–Crippen MR) is 93.9 cm³/mol. The fraction of sp³-hybridized carbons (Fsp3) is 0.316. The van der Waals surface area contributed by atoms with Gasteiger partial charge in [0.15, 0.2) is 0 Å². The van der Waals surface area contributed by atoms with Crippen molar-refractivity contribution in [3.05, 3.63) is 59.1 Å². The summed E-state index contributed by atoms with van der Waals surface area (Å²) in [5, 5.41) is 10.2. The second kappa shape index (κ2) is 7.69. The van der Waals surface area contributed by atoms with E-state index in [4.69, 9.17) is 16.3 Å². The minimum absolute atomic E-state index is 0.373. The van der Waals surface area contributed by atoms with Crippen LogP contribution in [0.15, 0.2) is 48.5 Å². The van der Waals surface area contributed by atoms with Gasteiger partial charge in [0.05, 0.1) is 0 Å². The molecule has 1 aliphatic rings. The number of benzene rings is 2. The molecule has 2 aromatic rings. The highest BCUT2D eigenvalue weighted by Gasteiger charge is 2.29. The van der Waals surface area contributed by atoms with Gasteiger partial charge >= 0.3 is 5.97 Å². The van der Waals surface area contributed by atoms with Crippen molar-refractivity contribution in [2.24, 2.45) is 0 Å². The van der Waals surface area contributed by atoms with Crippen LogP contribution >= 0.6 is 11.6 Å². The zero-order valence-corrected chi connectivity index (χ0v) is 14.1. The fourth-order valence-electron chi connectivity index (χ4n) is 3.06. The first-order chi connectivity index (χ1) is 11.6. The minimum Gasteiger partial charge on any atom is -0.480 e. The lowest BCUT2D eigenvalue weighted by Gasteiger charge is -2.24. The van der Waals surface area contributed by atoms with Crippen LogP contribution < -0.4 is 4.74 Å². The van der Waals surface area contributed by atoms with Gasteiger partial charge in [-0.15, -0.1) is 0 Å². The van der Waals surface area contributed by atoms with Crippen LogP contribution in [0.2, 0.25) is 5.02 Å². The highest BCUT2D eigenvalue weighted by atomic mass is 35.5. The Morgan fingerprint density at radius 2 is 1.88 bits per heavy atom. The first kappa shape index (κ1) is 16.8. The number of halogens is 1. The van der Waals surface area contributed by atoms with E-state index < -0.39 is 12.0 Å². The molecule has 126 valence electrons. The summed E-state index contributed by atoms with van der Waals surface area (Å²) in [6.07, 6.45) is 2.47. The van der Waals surface area contributed by atoms with E-state index in [0.29, 0.717) is 22.9 Å². The monoisotopic (exact) mass is 345 g/mol. The van der Waals surface area contributed by atoms with Crippen molar-refractivity contribution in [3.8, 4) is 11.5 Å². The lowest BCUT2D eigenvalue weighted by atomic mass is 10.0. The molecule has 1 aliphatic heterocycles. The average Bonchev–Trinajstić information content (AvgIpc) is 3.09. The highest BCUT2D eigenvalue weighted by Crippen LogP contribution is 2.30. The van der Waals surface area contributed by atoms with E-state index in [0.717, 1.165) is 31.5 Å². The van der Waals surface area contributed by atoms with Gasteiger partial charge in [-0.25, -0.2) is 0 Å². The van der Waals surface area contributed by atoms with Crippen LogP contribution in [0.3, 0.4) is 0 Å². The molecule has 2 aromatic carbocycles. The standard InChI is InChI=1S/C19H20ClNO3/c20-15-8-9-18(24-16-6-2-1-3-7-16)14(12-15)13-17(19(22)23)21-10-4-5-11-21/h1-3,6-9,12,17H,4-5,10-11,13H2,(H,22,23). The largest absolute Gasteiger partial charge is 0.480 e. The summed E-state index contributed by atoms with van der Waals surface area (Å²) in [6, 6.07) is 14.3. The maximum atomic E-state index is 11.7. The Bertz CT molecular complexity index is 699. The molecular weight excluding hydrogens is 326 g/mol. The SMILES string of the molecule is O=C(O)C(Cc1cc(Cl)ccc1Oc1ccccc1)N1CCCC1. The van der Waals surface area contributed by atoms with Crippen molar-refractivity contribution in [3.63, 3.8) is 0 Å². The molecule has 0 radical (unpaired) electrons. The molecule has 0 saturated carbocycles. The third kappa shape index (κ3) is 4.08. The van der Waals surface area contributed by atoms with E-state index in [9.17, 15) is 9.90 Å². The lowest BCUT2D eigenvalue weighted by molar-refractivity contribution is -0.142. The van der Waals surface area contributed by atoms with Crippen LogP contribution in [0.4, 0.5) is 0 Å². The van der Waals surface area contributed by atoms with Crippen LogP contribution in [-0.4, -0.2) is 35.1 Å². The fourth-order valence-corrected chi connectivity index (χ4v) is 3.25. The quantitative estimate of drug-likeness (QED) is 0.851. The van der Waals surface area contributed by atoms with E-state index in [2.05, 4.69) is 0 Å². The van der Waals surface area contributed by atoms with Gasteiger partial charge in [0, 0.05) is 11.4 Å². The Morgan fingerprint density at radius 3 is 2.54 bits per heavy atom. The number of ether oxygens (including phenoxy) is 1. The molecule has 5 heteroatoms. The molecule has 1 N–H and O–H groups in total. The van der Waals surface area contributed by atoms with Gasteiger partial charge in [0.25, 0.3) is 0 Å².